The maximum Gasteiger partial charge on any atom is 0.356 e. The lowest BCUT2D eigenvalue weighted by Gasteiger charge is -2.19. The van der Waals surface area contributed by atoms with Crippen molar-refractivity contribution in [1.82, 2.24) is 15.5 Å². The summed E-state index contributed by atoms with van der Waals surface area (Å²) in [7, 11) is 0. The van der Waals surface area contributed by atoms with E-state index >= 15 is 0 Å². The number of carbonyl (C=O) groups excluding carboxylic acids is 1. The fourth-order valence-corrected chi connectivity index (χ4v) is 2.90. The fraction of sp³-hybridized carbons (Fsp3) is 0.316. The number of nitrogens with one attached hydrogen (secondary N) is 2. The molecule has 0 radical (unpaired) electrons. The molecule has 3 rings (SSSR count). The monoisotopic (exact) mass is 419 g/mol. The highest BCUT2D eigenvalue weighted by Crippen LogP contribution is 2.08. The SMILES string of the molecule is O=C(N[C@@H]1COC[C@@H]1NOCO)c1ccc(C(=O)O)n(OCc2ccccc2)c1=O. The van der Waals surface area contributed by atoms with Crippen molar-refractivity contribution in [1.29, 1.82) is 0 Å². The topological polar surface area (TPSA) is 148 Å². The van der Waals surface area contributed by atoms with Crippen LogP contribution in [0.25, 0.3) is 0 Å². The van der Waals surface area contributed by atoms with E-state index < -0.39 is 42.0 Å². The Hall–Kier alpha value is -3.25. The molecule has 11 nitrogen and oxygen atoms in total. The van der Waals surface area contributed by atoms with Crippen LogP contribution in [0.4, 0.5) is 0 Å². The van der Waals surface area contributed by atoms with Gasteiger partial charge < -0.3 is 25.1 Å². The van der Waals surface area contributed by atoms with Crippen molar-refractivity contribution in [3.8, 4) is 0 Å². The Labute approximate surface area is 170 Å². The molecule has 2 heterocycles. The van der Waals surface area contributed by atoms with Gasteiger partial charge in [-0.05, 0) is 17.7 Å². The lowest BCUT2D eigenvalue weighted by Crippen LogP contribution is -2.50. The predicted octanol–water partition coefficient (Wildman–Crippen LogP) is -0.856. The van der Waals surface area contributed by atoms with Gasteiger partial charge in [0.15, 0.2) is 12.5 Å². The van der Waals surface area contributed by atoms with E-state index in [1.54, 1.807) is 24.3 Å². The Bertz CT molecular complexity index is 947. The third-order valence-electron chi connectivity index (χ3n) is 4.40. The minimum absolute atomic E-state index is 0.0624. The first-order valence-electron chi connectivity index (χ1n) is 9.04. The summed E-state index contributed by atoms with van der Waals surface area (Å²) in [6.45, 7) is -0.220. The van der Waals surface area contributed by atoms with Gasteiger partial charge >= 0.3 is 5.97 Å². The van der Waals surface area contributed by atoms with Gasteiger partial charge in [-0.3, -0.25) is 14.4 Å². The molecule has 0 aliphatic carbocycles. The number of hydrogen-bond acceptors (Lipinski definition) is 8. The lowest BCUT2D eigenvalue weighted by atomic mass is 10.1. The number of benzene rings is 1. The molecule has 2 aromatic rings. The molecule has 0 unspecified atom stereocenters. The van der Waals surface area contributed by atoms with Crippen LogP contribution in [0, 0.1) is 0 Å². The molecule has 1 fully saturated rings. The van der Waals surface area contributed by atoms with Gasteiger partial charge in [0.1, 0.15) is 12.2 Å². The number of aromatic carboxylic acids is 1. The van der Waals surface area contributed by atoms with E-state index in [1.807, 2.05) is 6.07 Å². The fourth-order valence-electron chi connectivity index (χ4n) is 2.90. The van der Waals surface area contributed by atoms with Crippen LogP contribution in [0.5, 0.6) is 0 Å². The second-order valence-corrected chi connectivity index (χ2v) is 6.41. The van der Waals surface area contributed by atoms with Gasteiger partial charge in [-0.1, -0.05) is 30.3 Å². The van der Waals surface area contributed by atoms with Crippen molar-refractivity contribution < 1.29 is 34.2 Å². The number of ether oxygens (including phenoxy) is 1. The molecule has 1 aliphatic rings. The van der Waals surface area contributed by atoms with E-state index in [2.05, 4.69) is 10.8 Å². The van der Waals surface area contributed by atoms with Crippen LogP contribution in [0.2, 0.25) is 0 Å². The molecule has 0 spiro atoms. The highest BCUT2D eigenvalue weighted by Gasteiger charge is 2.31. The molecule has 4 N–H and O–H groups in total. The van der Waals surface area contributed by atoms with Gasteiger partial charge in [0.25, 0.3) is 11.5 Å². The summed E-state index contributed by atoms with van der Waals surface area (Å²) >= 11 is 0. The third kappa shape index (κ3) is 5.02. The zero-order valence-electron chi connectivity index (χ0n) is 15.8. The first-order valence-corrected chi connectivity index (χ1v) is 9.04. The van der Waals surface area contributed by atoms with Crippen LogP contribution in [0.3, 0.4) is 0 Å². The zero-order chi connectivity index (χ0) is 21.5. The largest absolute Gasteiger partial charge is 0.476 e. The molecule has 0 saturated carbocycles. The smallest absolute Gasteiger partial charge is 0.356 e. The number of nitrogens with zero attached hydrogens (tertiary/aromatic N) is 1. The van der Waals surface area contributed by atoms with Crippen LogP contribution in [-0.2, 0) is 16.2 Å². The summed E-state index contributed by atoms with van der Waals surface area (Å²) in [4.78, 5) is 47.1. The number of carbonyl (C=O) groups is 2. The minimum atomic E-state index is -1.37. The number of carboxylic acids is 1. The molecule has 30 heavy (non-hydrogen) atoms. The van der Waals surface area contributed by atoms with Gasteiger partial charge in [0.05, 0.1) is 25.3 Å². The number of rotatable bonds is 9. The predicted molar refractivity (Wildman–Crippen MR) is 102 cm³/mol. The minimum Gasteiger partial charge on any atom is -0.476 e. The van der Waals surface area contributed by atoms with Crippen molar-refractivity contribution in [3.05, 3.63) is 69.6 Å². The van der Waals surface area contributed by atoms with Crippen LogP contribution >= 0.6 is 0 Å². The van der Waals surface area contributed by atoms with E-state index in [9.17, 15) is 19.5 Å². The summed E-state index contributed by atoms with van der Waals surface area (Å²) in [5.41, 5.74) is 1.67. The molecule has 11 heteroatoms. The first-order chi connectivity index (χ1) is 14.5. The molecule has 1 amide bonds. The first kappa shape index (κ1) is 21.5. The van der Waals surface area contributed by atoms with Gasteiger partial charge in [-0.15, -0.1) is 4.73 Å². The Balaban J connectivity index is 1.80. The summed E-state index contributed by atoms with van der Waals surface area (Å²) in [6, 6.07) is 10.2. The van der Waals surface area contributed by atoms with Crippen molar-refractivity contribution >= 4 is 11.9 Å². The number of hydrogen-bond donors (Lipinski definition) is 4. The molecule has 1 aromatic carbocycles. The maximum atomic E-state index is 12.8. The van der Waals surface area contributed by atoms with Gasteiger partial charge in [-0.2, -0.15) is 5.48 Å². The van der Waals surface area contributed by atoms with E-state index in [0.29, 0.717) is 4.73 Å². The van der Waals surface area contributed by atoms with Crippen molar-refractivity contribution in [2.75, 3.05) is 20.0 Å². The Kier molecular flexibility index (Phi) is 7.14. The molecule has 2 atom stereocenters. The molecule has 1 aliphatic heterocycles. The number of carboxylic acid groups (broad SMARTS) is 1. The molecule has 160 valence electrons. The van der Waals surface area contributed by atoms with Crippen LogP contribution in [-0.4, -0.2) is 58.9 Å². The van der Waals surface area contributed by atoms with E-state index in [-0.39, 0.29) is 25.4 Å². The highest BCUT2D eigenvalue weighted by atomic mass is 16.7. The molecule has 1 aromatic heterocycles. The third-order valence-corrected chi connectivity index (χ3v) is 4.40. The van der Waals surface area contributed by atoms with E-state index in [1.165, 1.54) is 0 Å². The average Bonchev–Trinajstić information content (AvgIpc) is 3.18. The van der Waals surface area contributed by atoms with E-state index in [0.717, 1.165) is 17.7 Å². The zero-order valence-corrected chi connectivity index (χ0v) is 15.8. The van der Waals surface area contributed by atoms with Gasteiger partial charge in [-0.25, -0.2) is 4.79 Å². The Morgan fingerprint density at radius 2 is 1.87 bits per heavy atom. The summed E-state index contributed by atoms with van der Waals surface area (Å²) < 4.78 is 5.87. The van der Waals surface area contributed by atoms with Crippen molar-refractivity contribution in [2.24, 2.45) is 0 Å². The van der Waals surface area contributed by atoms with Gasteiger partial charge in [0, 0.05) is 0 Å². The van der Waals surface area contributed by atoms with Crippen LogP contribution < -0.4 is 21.2 Å². The standard InChI is InChI=1S/C19H21N3O8/c23-11-29-21-15-10-28-9-14(15)20-17(24)13-6-7-16(19(26)27)22(18(13)25)30-8-12-4-2-1-3-5-12/h1-7,14-15,21,23H,8-11H2,(H,20,24)(H,26,27)/t14-,15+/m1/s1. The van der Waals surface area contributed by atoms with Gasteiger partial charge in [0.2, 0.25) is 0 Å². The maximum absolute atomic E-state index is 12.8. The average molecular weight is 419 g/mol. The van der Waals surface area contributed by atoms with Crippen LogP contribution in [0.1, 0.15) is 26.4 Å². The number of pyridine rings is 1. The van der Waals surface area contributed by atoms with Crippen molar-refractivity contribution in [3.63, 3.8) is 0 Å². The molecule has 0 bridgehead atoms. The van der Waals surface area contributed by atoms with Crippen LogP contribution in [0.15, 0.2) is 47.3 Å². The molecular weight excluding hydrogens is 398 g/mol. The second-order valence-electron chi connectivity index (χ2n) is 6.41. The summed E-state index contributed by atoms with van der Waals surface area (Å²) in [5, 5.41) is 20.7. The molecule has 1 saturated heterocycles. The number of hydroxylamine groups is 1. The molecular formula is C19H21N3O8. The Morgan fingerprint density at radius 1 is 1.13 bits per heavy atom. The summed E-state index contributed by atoms with van der Waals surface area (Å²) in [6.07, 6.45) is 0. The van der Waals surface area contributed by atoms with E-state index in [4.69, 9.17) is 19.5 Å². The summed E-state index contributed by atoms with van der Waals surface area (Å²) in [5.74, 6) is -2.10. The van der Waals surface area contributed by atoms with Crippen molar-refractivity contribution in [2.45, 2.75) is 18.7 Å². The highest BCUT2D eigenvalue weighted by molar-refractivity contribution is 5.95. The number of aromatic nitrogens is 1. The second kappa shape index (κ2) is 9.98. The Morgan fingerprint density at radius 3 is 2.57 bits per heavy atom. The quantitative estimate of drug-likeness (QED) is 0.301. The number of aliphatic hydroxyl groups excluding tert-OH is 1. The normalized spacial score (nSPS) is 18.2. The number of amides is 1. The number of aliphatic hydroxyl groups is 1. The lowest BCUT2D eigenvalue weighted by molar-refractivity contribution is -0.0775.